The van der Waals surface area contributed by atoms with E-state index in [9.17, 15) is 19.7 Å². The molecule has 0 aliphatic heterocycles. The van der Waals surface area contributed by atoms with Gasteiger partial charge in [0.2, 0.25) is 0 Å². The summed E-state index contributed by atoms with van der Waals surface area (Å²) in [6.07, 6.45) is 0.767. The first kappa shape index (κ1) is 16.1. The maximum atomic E-state index is 11.5. The molecule has 0 aromatic carbocycles. The minimum absolute atomic E-state index is 0.140. The molecule has 0 aliphatic rings. The third-order valence-corrected chi connectivity index (χ3v) is 2.50. The summed E-state index contributed by atoms with van der Waals surface area (Å²) in [5.41, 5.74) is -2.39. The quantitative estimate of drug-likeness (QED) is 0.415. The van der Waals surface area contributed by atoms with E-state index in [1.165, 1.54) is 0 Å². The largest absolute Gasteiger partial charge is 0.353 e. The van der Waals surface area contributed by atoms with E-state index in [4.69, 9.17) is 9.47 Å². The maximum absolute atomic E-state index is 11.5. The molecule has 0 amide bonds. The van der Waals surface area contributed by atoms with Crippen LogP contribution in [0.3, 0.4) is 0 Å². The summed E-state index contributed by atoms with van der Waals surface area (Å²) in [5.74, 6) is 0. The van der Waals surface area contributed by atoms with E-state index in [1.807, 2.05) is 18.8 Å². The normalized spacial score (nSPS) is 10.9. The van der Waals surface area contributed by atoms with Crippen molar-refractivity contribution in [3.05, 3.63) is 37.1 Å². The molecule has 9 nitrogen and oxygen atoms in total. The molecule has 9 heteroatoms. The Hall–Kier alpha value is -2.00. The molecule has 0 radical (unpaired) electrons. The van der Waals surface area contributed by atoms with Crippen LogP contribution in [0.15, 0.2) is 15.8 Å². The molecule has 0 unspecified atom stereocenters. The maximum Gasteiger partial charge on any atom is 0.350 e. The lowest BCUT2D eigenvalue weighted by Crippen LogP contribution is -2.32. The highest BCUT2D eigenvalue weighted by Crippen LogP contribution is 2.04. The van der Waals surface area contributed by atoms with Crippen molar-refractivity contribution in [1.82, 2.24) is 9.55 Å². The van der Waals surface area contributed by atoms with Crippen molar-refractivity contribution in [2.75, 3.05) is 13.2 Å². The molecule has 0 aliphatic carbocycles. The van der Waals surface area contributed by atoms with Crippen molar-refractivity contribution in [3.8, 4) is 0 Å². The van der Waals surface area contributed by atoms with Crippen molar-refractivity contribution in [2.45, 2.75) is 33.1 Å². The van der Waals surface area contributed by atoms with Gasteiger partial charge in [-0.3, -0.25) is 24.5 Å². The van der Waals surface area contributed by atoms with E-state index in [1.54, 1.807) is 0 Å². The van der Waals surface area contributed by atoms with Gasteiger partial charge in [0.1, 0.15) is 0 Å². The van der Waals surface area contributed by atoms with Gasteiger partial charge in [-0.25, -0.2) is 4.79 Å². The van der Waals surface area contributed by atoms with Gasteiger partial charge in [-0.15, -0.1) is 0 Å². The molecule has 1 rings (SSSR count). The highest BCUT2D eigenvalue weighted by molar-refractivity contribution is 5.20. The van der Waals surface area contributed by atoms with Crippen molar-refractivity contribution < 1.29 is 14.4 Å². The summed E-state index contributed by atoms with van der Waals surface area (Å²) in [5, 5.41) is 10.6. The Morgan fingerprint density at radius 3 is 2.45 bits per heavy atom. The average molecular weight is 287 g/mol. The average Bonchev–Trinajstić information content (AvgIpc) is 2.37. The number of nitrogens with zero attached hydrogens (tertiary/aromatic N) is 2. The third-order valence-electron chi connectivity index (χ3n) is 2.50. The number of rotatable bonds is 8. The Balaban J connectivity index is 2.86. The van der Waals surface area contributed by atoms with E-state index < -0.39 is 28.1 Å². The molecule has 0 bridgehead atoms. The highest BCUT2D eigenvalue weighted by atomic mass is 16.7. The topological polar surface area (TPSA) is 116 Å². The Kier molecular flexibility index (Phi) is 6.07. The summed E-state index contributed by atoms with van der Waals surface area (Å²) in [6.45, 7) is 4.66. The number of nitro groups is 1. The first-order chi connectivity index (χ1) is 9.49. The Labute approximate surface area is 114 Å². The van der Waals surface area contributed by atoms with Crippen molar-refractivity contribution >= 4 is 5.69 Å². The zero-order valence-corrected chi connectivity index (χ0v) is 11.3. The number of hydrogen-bond donors (Lipinski definition) is 1. The zero-order valence-electron chi connectivity index (χ0n) is 11.3. The van der Waals surface area contributed by atoms with Gasteiger partial charge in [-0.05, 0) is 13.8 Å². The fourth-order valence-electron chi connectivity index (χ4n) is 1.63. The predicted octanol–water partition coefficient (Wildman–Crippen LogP) is 0.234. The molecule has 0 saturated heterocycles. The molecule has 0 fully saturated rings. The molecule has 1 aromatic heterocycles. The Morgan fingerprint density at radius 2 is 1.95 bits per heavy atom. The van der Waals surface area contributed by atoms with E-state index in [2.05, 4.69) is 0 Å². The number of aromatic nitrogens is 2. The second-order valence-electron chi connectivity index (χ2n) is 3.85. The summed E-state index contributed by atoms with van der Waals surface area (Å²) >= 11 is 0. The molecule has 112 valence electrons. The molecular weight excluding hydrogens is 270 g/mol. The van der Waals surface area contributed by atoms with Gasteiger partial charge >= 0.3 is 16.9 Å². The standard InChI is InChI=1S/C11H17N3O6/c1-3-19-9(20-4-2)5-6-13-7-8(14(17)18)10(15)12-11(13)16/h7,9H,3-6H2,1-2H3,(H,12,15,16). The van der Waals surface area contributed by atoms with Crippen LogP contribution in [0.4, 0.5) is 5.69 Å². The van der Waals surface area contributed by atoms with Crippen LogP contribution in [-0.2, 0) is 16.0 Å². The fourth-order valence-corrected chi connectivity index (χ4v) is 1.63. The molecule has 0 spiro atoms. The van der Waals surface area contributed by atoms with Gasteiger partial charge in [0.15, 0.2) is 6.29 Å². The lowest BCUT2D eigenvalue weighted by atomic mass is 10.4. The van der Waals surface area contributed by atoms with Gasteiger partial charge in [0.25, 0.3) is 0 Å². The first-order valence-corrected chi connectivity index (χ1v) is 6.20. The van der Waals surface area contributed by atoms with Crippen LogP contribution in [-0.4, -0.2) is 34.0 Å². The van der Waals surface area contributed by atoms with E-state index in [0.717, 1.165) is 10.8 Å². The minimum Gasteiger partial charge on any atom is -0.353 e. The van der Waals surface area contributed by atoms with E-state index in [0.29, 0.717) is 19.6 Å². The molecule has 0 saturated carbocycles. The van der Waals surface area contributed by atoms with Crippen molar-refractivity contribution in [1.29, 1.82) is 0 Å². The number of aromatic amines is 1. The summed E-state index contributed by atoms with van der Waals surface area (Å²) in [6, 6.07) is 0. The molecule has 1 N–H and O–H groups in total. The van der Waals surface area contributed by atoms with E-state index >= 15 is 0 Å². The molecule has 1 aromatic rings. The number of hydrogen-bond acceptors (Lipinski definition) is 6. The number of ether oxygens (including phenoxy) is 2. The predicted molar refractivity (Wildman–Crippen MR) is 69.6 cm³/mol. The monoisotopic (exact) mass is 287 g/mol. The van der Waals surface area contributed by atoms with Crippen LogP contribution in [0.2, 0.25) is 0 Å². The lowest BCUT2D eigenvalue weighted by molar-refractivity contribution is -0.386. The summed E-state index contributed by atoms with van der Waals surface area (Å²) in [7, 11) is 0. The first-order valence-electron chi connectivity index (χ1n) is 6.20. The van der Waals surface area contributed by atoms with Crippen LogP contribution in [0.25, 0.3) is 0 Å². The highest BCUT2D eigenvalue weighted by Gasteiger charge is 2.16. The second kappa shape index (κ2) is 7.56. The SMILES string of the molecule is CCOC(CCn1cc([N+](=O)[O-])c(=O)[nH]c1=O)OCC. The van der Waals surface area contributed by atoms with Gasteiger partial charge in [-0.2, -0.15) is 0 Å². The summed E-state index contributed by atoms with van der Waals surface area (Å²) < 4.78 is 11.7. The summed E-state index contributed by atoms with van der Waals surface area (Å²) in [4.78, 5) is 34.5. The van der Waals surface area contributed by atoms with Crippen LogP contribution in [0.5, 0.6) is 0 Å². The number of H-pyrrole nitrogens is 1. The van der Waals surface area contributed by atoms with E-state index in [-0.39, 0.29) is 6.54 Å². The Bertz CT molecular complexity index is 558. The number of nitrogens with one attached hydrogen (secondary N) is 1. The lowest BCUT2D eigenvalue weighted by Gasteiger charge is -2.17. The minimum atomic E-state index is -1.01. The van der Waals surface area contributed by atoms with Crippen molar-refractivity contribution in [3.63, 3.8) is 0 Å². The van der Waals surface area contributed by atoms with Gasteiger partial charge < -0.3 is 9.47 Å². The van der Waals surface area contributed by atoms with Gasteiger partial charge in [0, 0.05) is 26.2 Å². The van der Waals surface area contributed by atoms with Crippen molar-refractivity contribution in [2.24, 2.45) is 0 Å². The number of aryl methyl sites for hydroxylation is 1. The van der Waals surface area contributed by atoms with Crippen LogP contribution >= 0.6 is 0 Å². The Morgan fingerprint density at radius 1 is 1.35 bits per heavy atom. The van der Waals surface area contributed by atoms with Crippen LogP contribution in [0, 0.1) is 10.1 Å². The second-order valence-corrected chi connectivity index (χ2v) is 3.85. The van der Waals surface area contributed by atoms with Gasteiger partial charge in [0.05, 0.1) is 11.1 Å². The molecule has 0 atom stereocenters. The smallest absolute Gasteiger partial charge is 0.350 e. The van der Waals surface area contributed by atoms with Crippen LogP contribution < -0.4 is 11.2 Å². The molecule has 20 heavy (non-hydrogen) atoms. The fraction of sp³-hybridized carbons (Fsp3) is 0.636. The third kappa shape index (κ3) is 4.28. The molecule has 1 heterocycles. The zero-order chi connectivity index (χ0) is 15.1. The van der Waals surface area contributed by atoms with Gasteiger partial charge in [-0.1, -0.05) is 0 Å². The van der Waals surface area contributed by atoms with Crippen LogP contribution in [0.1, 0.15) is 20.3 Å². The molecular formula is C11H17N3O6.